The summed E-state index contributed by atoms with van der Waals surface area (Å²) < 4.78 is 72.6. The van der Waals surface area contributed by atoms with Gasteiger partial charge in [-0.15, -0.1) is 0 Å². The lowest BCUT2D eigenvalue weighted by molar-refractivity contribution is -0.240. The van der Waals surface area contributed by atoms with Crippen LogP contribution in [0.4, 0.5) is 13.2 Å². The van der Waals surface area contributed by atoms with Crippen molar-refractivity contribution in [2.45, 2.75) is 76.2 Å². The van der Waals surface area contributed by atoms with Gasteiger partial charge in [0.25, 0.3) is 0 Å². The number of rotatable bonds is 3. The molecule has 29 heavy (non-hydrogen) atoms. The first-order chi connectivity index (χ1) is 13.3. The van der Waals surface area contributed by atoms with E-state index >= 15 is 0 Å². The fourth-order valence-corrected chi connectivity index (χ4v) is 3.74. The zero-order valence-corrected chi connectivity index (χ0v) is 16.2. The van der Waals surface area contributed by atoms with Gasteiger partial charge in [0.1, 0.15) is 42.4 Å². The molecule has 5 unspecified atom stereocenters. The molecule has 0 saturated carbocycles. The highest BCUT2D eigenvalue weighted by Gasteiger charge is 2.60. The number of fused-ring (bicyclic) bond motifs is 3. The van der Waals surface area contributed by atoms with Crippen molar-refractivity contribution >= 4 is 5.97 Å². The number of halogens is 3. The second-order valence-corrected chi connectivity index (χ2v) is 8.09. The van der Waals surface area contributed by atoms with Crippen molar-refractivity contribution in [3.63, 3.8) is 0 Å². The highest BCUT2D eigenvalue weighted by molar-refractivity contribution is 5.87. The number of aromatic amines is 1. The first-order valence-corrected chi connectivity index (χ1v) is 9.15. The van der Waals surface area contributed by atoms with Crippen molar-refractivity contribution in [1.29, 1.82) is 0 Å². The number of H-pyrrole nitrogens is 1. The number of hydrogen-bond donors (Lipinski definition) is 1. The van der Waals surface area contributed by atoms with Gasteiger partial charge in [0.15, 0.2) is 17.9 Å². The molecule has 3 aliphatic heterocycles. The molecule has 5 atom stereocenters. The zero-order chi connectivity index (χ0) is 21.2. The molecule has 1 aromatic rings. The lowest BCUT2D eigenvalue weighted by Gasteiger charge is -2.36. The topological polar surface area (TPSA) is 88.2 Å². The van der Waals surface area contributed by atoms with E-state index < -0.39 is 60.1 Å². The molecular formula is C18H22F3NO7. The second kappa shape index (κ2) is 6.67. The predicted molar refractivity (Wildman–Crippen MR) is 88.6 cm³/mol. The summed E-state index contributed by atoms with van der Waals surface area (Å²) >= 11 is 0. The van der Waals surface area contributed by atoms with Gasteiger partial charge in [-0.25, -0.2) is 4.79 Å². The minimum absolute atomic E-state index is 0.257. The normalized spacial score (nSPS) is 35.2. The van der Waals surface area contributed by atoms with E-state index in [1.807, 2.05) is 4.98 Å². The van der Waals surface area contributed by atoms with E-state index in [-0.39, 0.29) is 12.3 Å². The smallest absolute Gasteiger partial charge is 0.431 e. The second-order valence-electron chi connectivity index (χ2n) is 8.09. The maximum Gasteiger partial charge on any atom is 0.431 e. The summed E-state index contributed by atoms with van der Waals surface area (Å²) in [5, 5.41) is 0. The molecule has 162 valence electrons. The Bertz CT molecular complexity index is 791. The monoisotopic (exact) mass is 421 g/mol. The average molecular weight is 421 g/mol. The quantitative estimate of drug-likeness (QED) is 0.751. The van der Waals surface area contributed by atoms with Crippen LogP contribution in [-0.4, -0.2) is 59.8 Å². The van der Waals surface area contributed by atoms with Crippen molar-refractivity contribution < 1.29 is 46.4 Å². The third-order valence-corrected chi connectivity index (χ3v) is 4.84. The van der Waals surface area contributed by atoms with E-state index in [4.69, 9.17) is 28.4 Å². The highest BCUT2D eigenvalue weighted by atomic mass is 19.4. The van der Waals surface area contributed by atoms with Gasteiger partial charge < -0.3 is 33.4 Å². The summed E-state index contributed by atoms with van der Waals surface area (Å²) in [6.07, 6.45) is -7.74. The molecule has 1 aromatic heterocycles. The zero-order valence-electron chi connectivity index (χ0n) is 16.2. The fraction of sp³-hybridized carbons (Fsp3) is 0.722. The number of alkyl halides is 3. The van der Waals surface area contributed by atoms with Crippen molar-refractivity contribution in [2.75, 3.05) is 6.61 Å². The number of aromatic nitrogens is 1. The molecule has 0 aliphatic carbocycles. The number of esters is 1. The van der Waals surface area contributed by atoms with Gasteiger partial charge in [-0.2, -0.15) is 13.2 Å². The summed E-state index contributed by atoms with van der Waals surface area (Å²) in [5.74, 6) is -2.74. The van der Waals surface area contributed by atoms with Gasteiger partial charge in [-0.1, -0.05) is 0 Å². The molecular weight excluding hydrogens is 399 g/mol. The molecule has 0 radical (unpaired) electrons. The van der Waals surface area contributed by atoms with Crippen LogP contribution in [0.2, 0.25) is 0 Å². The summed E-state index contributed by atoms with van der Waals surface area (Å²) in [6.45, 7) is 6.70. The lowest BCUT2D eigenvalue weighted by Crippen LogP contribution is -2.56. The number of carbonyl (C=O) groups excluding carboxylic acids is 1. The molecule has 1 N–H and O–H groups in total. The SMILES string of the molecule is CC1(C)OC2OC(COC(=O)c3ccc(C(F)(F)F)[nH]3)C3OC(C)(C)OC3C2O1. The molecule has 11 heteroatoms. The number of ether oxygens (including phenoxy) is 6. The molecule has 0 aromatic carbocycles. The van der Waals surface area contributed by atoms with Crippen LogP contribution in [0.3, 0.4) is 0 Å². The van der Waals surface area contributed by atoms with Gasteiger partial charge >= 0.3 is 12.1 Å². The van der Waals surface area contributed by atoms with Gasteiger partial charge in [-0.05, 0) is 39.8 Å². The maximum atomic E-state index is 12.7. The Morgan fingerprint density at radius 1 is 1.03 bits per heavy atom. The third kappa shape index (κ3) is 4.02. The first kappa shape index (κ1) is 20.6. The Kier molecular flexibility index (Phi) is 4.74. The summed E-state index contributed by atoms with van der Waals surface area (Å²) in [7, 11) is 0. The highest BCUT2D eigenvalue weighted by Crippen LogP contribution is 2.44. The van der Waals surface area contributed by atoms with Crippen LogP contribution < -0.4 is 0 Å². The van der Waals surface area contributed by atoms with Crippen molar-refractivity contribution in [3.8, 4) is 0 Å². The van der Waals surface area contributed by atoms with Crippen LogP contribution in [0.25, 0.3) is 0 Å². The van der Waals surface area contributed by atoms with Crippen LogP contribution in [0.1, 0.15) is 43.9 Å². The Labute approximate surface area is 164 Å². The molecule has 4 heterocycles. The van der Waals surface area contributed by atoms with E-state index in [1.54, 1.807) is 27.7 Å². The Morgan fingerprint density at radius 2 is 1.66 bits per heavy atom. The number of nitrogens with one attached hydrogen (secondary N) is 1. The van der Waals surface area contributed by atoms with E-state index in [1.165, 1.54) is 0 Å². The van der Waals surface area contributed by atoms with Crippen molar-refractivity contribution in [3.05, 3.63) is 23.5 Å². The van der Waals surface area contributed by atoms with Crippen LogP contribution in [0, 0.1) is 0 Å². The van der Waals surface area contributed by atoms with E-state index in [9.17, 15) is 18.0 Å². The lowest BCUT2D eigenvalue weighted by atomic mass is 9.99. The van der Waals surface area contributed by atoms with E-state index in [2.05, 4.69) is 0 Å². The van der Waals surface area contributed by atoms with Crippen LogP contribution >= 0.6 is 0 Å². The van der Waals surface area contributed by atoms with Gasteiger partial charge in [0.05, 0.1) is 0 Å². The van der Waals surface area contributed by atoms with Gasteiger partial charge in [0, 0.05) is 0 Å². The Hall–Kier alpha value is -1.66. The Morgan fingerprint density at radius 3 is 2.31 bits per heavy atom. The number of hydrogen-bond acceptors (Lipinski definition) is 7. The predicted octanol–water partition coefficient (Wildman–Crippen LogP) is 2.59. The minimum atomic E-state index is -4.58. The maximum absolute atomic E-state index is 12.7. The van der Waals surface area contributed by atoms with Crippen molar-refractivity contribution in [1.82, 2.24) is 4.98 Å². The summed E-state index contributed by atoms with van der Waals surface area (Å²) in [6, 6.07) is 1.79. The molecule has 8 nitrogen and oxygen atoms in total. The summed E-state index contributed by atoms with van der Waals surface area (Å²) in [4.78, 5) is 14.2. The molecule has 4 rings (SSSR count). The van der Waals surface area contributed by atoms with Gasteiger partial charge in [-0.3, -0.25) is 0 Å². The number of carbonyl (C=O) groups is 1. The van der Waals surface area contributed by atoms with Crippen LogP contribution in [0.5, 0.6) is 0 Å². The molecule has 0 amide bonds. The first-order valence-electron chi connectivity index (χ1n) is 9.15. The molecule has 3 fully saturated rings. The molecule has 3 aliphatic rings. The molecule has 3 saturated heterocycles. The van der Waals surface area contributed by atoms with E-state index in [0.29, 0.717) is 0 Å². The van der Waals surface area contributed by atoms with Gasteiger partial charge in [0.2, 0.25) is 0 Å². The van der Waals surface area contributed by atoms with E-state index in [0.717, 1.165) is 12.1 Å². The van der Waals surface area contributed by atoms with Crippen LogP contribution in [0.15, 0.2) is 12.1 Å². The van der Waals surface area contributed by atoms with Crippen molar-refractivity contribution in [2.24, 2.45) is 0 Å². The standard InChI is InChI=1S/C18H22F3NO7/c1-16(2)26-11-9(25-15-13(12(11)27-16)28-17(3,4)29-15)7-24-14(23)8-5-6-10(22-8)18(19,20)21/h5-6,9,11-13,15,22H,7H2,1-4H3. The third-order valence-electron chi connectivity index (χ3n) is 4.84. The average Bonchev–Trinajstić information content (AvgIpc) is 3.25. The fourth-order valence-electron chi connectivity index (χ4n) is 3.74. The Balaban J connectivity index is 1.45. The minimum Gasteiger partial charge on any atom is -0.458 e. The molecule has 0 spiro atoms. The molecule has 0 bridgehead atoms. The largest absolute Gasteiger partial charge is 0.458 e. The van der Waals surface area contributed by atoms with Crippen LogP contribution in [-0.2, 0) is 34.6 Å². The summed E-state index contributed by atoms with van der Waals surface area (Å²) in [5.41, 5.74) is -1.35.